The molecule has 1 aromatic heterocycles. The summed E-state index contributed by atoms with van der Waals surface area (Å²) in [6.45, 7) is 6.29. The van der Waals surface area contributed by atoms with Gasteiger partial charge in [-0.1, -0.05) is 0 Å². The summed E-state index contributed by atoms with van der Waals surface area (Å²) in [5.41, 5.74) is 0. The van der Waals surface area contributed by atoms with E-state index in [0.717, 1.165) is 10.1 Å². The Balaban J connectivity index is 2.14. The predicted molar refractivity (Wildman–Crippen MR) is 107 cm³/mol. The summed E-state index contributed by atoms with van der Waals surface area (Å²) in [5.74, 6) is 0.643. The highest BCUT2D eigenvalue weighted by Gasteiger charge is 2.24. The highest BCUT2D eigenvalue weighted by molar-refractivity contribution is 7.53. The summed E-state index contributed by atoms with van der Waals surface area (Å²) in [6, 6.07) is 8.09. The Morgan fingerprint density at radius 2 is 1.92 bits per heavy atom. The van der Waals surface area contributed by atoms with Crippen molar-refractivity contribution in [3.8, 4) is 5.75 Å². The van der Waals surface area contributed by atoms with Crippen molar-refractivity contribution in [3.63, 3.8) is 0 Å². The van der Waals surface area contributed by atoms with E-state index in [1.807, 2.05) is 31.2 Å². The molecule has 0 fully saturated rings. The molecule has 0 aliphatic carbocycles. The van der Waals surface area contributed by atoms with Gasteiger partial charge in [-0.15, -0.1) is 11.3 Å². The third-order valence-corrected chi connectivity index (χ3v) is 6.83. The Bertz CT molecular complexity index is 734. The number of rotatable bonds is 10. The molecular weight excluding hydrogens is 359 g/mol. The molecule has 0 spiro atoms. The second kappa shape index (κ2) is 9.21. The molecule has 10 heteroatoms. The third-order valence-electron chi connectivity index (χ3n) is 3.79. The van der Waals surface area contributed by atoms with Gasteiger partial charge in [-0.2, -0.15) is 0 Å². The van der Waals surface area contributed by atoms with Crippen LogP contribution in [0.15, 0.2) is 24.3 Å². The van der Waals surface area contributed by atoms with E-state index in [0.29, 0.717) is 19.0 Å². The van der Waals surface area contributed by atoms with Crippen molar-refractivity contribution in [2.24, 2.45) is 0 Å². The van der Waals surface area contributed by atoms with Gasteiger partial charge in [-0.05, 0) is 50.4 Å². The van der Waals surface area contributed by atoms with Crippen LogP contribution < -0.4 is 4.74 Å². The Labute approximate surface area is 154 Å². The molecule has 1 aromatic carbocycles. The fraction of sp³-hybridized carbons (Fsp3) is 0.467. The molecule has 136 valence electrons. The molecule has 6 nitrogen and oxygen atoms in total. The van der Waals surface area contributed by atoms with Gasteiger partial charge in [-0.25, -0.2) is 4.97 Å². The lowest BCUT2D eigenvalue weighted by Gasteiger charge is -2.22. The first-order valence-corrected chi connectivity index (χ1v) is 10.8. The number of hydroxylamine groups is 1. The molecule has 0 bridgehead atoms. The molecule has 0 radical (unpaired) electrons. The minimum absolute atomic E-state index is 0.0972. The van der Waals surface area contributed by atoms with Gasteiger partial charge in [0.15, 0.2) is 6.35 Å². The van der Waals surface area contributed by atoms with Crippen LogP contribution in [-0.4, -0.2) is 40.6 Å². The molecule has 1 atom stereocenters. The van der Waals surface area contributed by atoms with Crippen LogP contribution in [0.1, 0.15) is 31.7 Å². The van der Waals surface area contributed by atoms with Crippen LogP contribution in [0.3, 0.4) is 0 Å². The summed E-state index contributed by atoms with van der Waals surface area (Å²) in [7, 11) is 0.347. The molecule has 1 heterocycles. The topological polar surface area (TPSA) is 57.2 Å². The number of hydrogen-bond donors (Lipinski definition) is 0. The second-order valence-electron chi connectivity index (χ2n) is 5.47. The maximum Gasteiger partial charge on any atom is 0.367 e. The van der Waals surface area contributed by atoms with Crippen LogP contribution >= 0.6 is 18.9 Å². The van der Waals surface area contributed by atoms with E-state index in [2.05, 4.69) is 13.0 Å². The number of thiophene rings is 1. The standard InChI is InChI=1S/C15H24B2NO5PS/c1-4-21-24(19,22-5-2)10-20-13-6-7-14-12(8-13)9-15(25-14)11(3)18(16)23-17/h6-9,11H,4-5,10,16-17H2,1-3H3. The first kappa shape index (κ1) is 20.5. The fourth-order valence-corrected chi connectivity index (χ4v) is 4.78. The zero-order chi connectivity index (χ0) is 18.4. The number of nitrogens with zero attached hydrogens (tertiary/aromatic N) is 1. The Hall–Kier alpha value is -0.820. The van der Waals surface area contributed by atoms with Crippen LogP contribution in [0.5, 0.6) is 5.75 Å². The van der Waals surface area contributed by atoms with E-state index < -0.39 is 7.60 Å². The molecule has 1 unspecified atom stereocenters. The predicted octanol–water partition coefficient (Wildman–Crippen LogP) is 2.89. The normalized spacial score (nSPS) is 13.4. The molecule has 0 N–H and O–H groups in total. The third kappa shape index (κ3) is 5.33. The number of benzene rings is 1. The molecule has 2 aromatic rings. The SMILES string of the molecule is BON(B)C(C)c1cc2cc(OCP(=O)(OCC)OCC)ccc2s1. The van der Waals surface area contributed by atoms with E-state index in [4.69, 9.17) is 18.5 Å². The van der Waals surface area contributed by atoms with Crippen molar-refractivity contribution in [3.05, 3.63) is 29.1 Å². The van der Waals surface area contributed by atoms with Gasteiger partial charge in [-0.3, -0.25) is 4.57 Å². The lowest BCUT2D eigenvalue weighted by molar-refractivity contribution is 0.0132. The lowest BCUT2D eigenvalue weighted by atomic mass is 10.2. The molecule has 0 saturated heterocycles. The fourth-order valence-electron chi connectivity index (χ4n) is 2.33. The number of fused-ring (bicyclic) bond motifs is 1. The van der Waals surface area contributed by atoms with Crippen molar-refractivity contribution in [1.82, 2.24) is 4.97 Å². The van der Waals surface area contributed by atoms with E-state index in [1.54, 1.807) is 33.2 Å². The van der Waals surface area contributed by atoms with Crippen molar-refractivity contribution < 1.29 is 23.1 Å². The maximum atomic E-state index is 12.5. The molecule has 25 heavy (non-hydrogen) atoms. The Morgan fingerprint density at radius 1 is 1.24 bits per heavy atom. The Morgan fingerprint density at radius 3 is 2.52 bits per heavy atom. The number of ether oxygens (including phenoxy) is 1. The first-order valence-electron chi connectivity index (χ1n) is 8.23. The van der Waals surface area contributed by atoms with Crippen LogP contribution in [0, 0.1) is 0 Å². The summed E-state index contributed by atoms with van der Waals surface area (Å²) in [6.07, 6.45) is -0.0972. The van der Waals surface area contributed by atoms with Crippen LogP contribution in [0.2, 0.25) is 0 Å². The van der Waals surface area contributed by atoms with E-state index >= 15 is 0 Å². The minimum atomic E-state index is -3.22. The van der Waals surface area contributed by atoms with Crippen LogP contribution in [0.25, 0.3) is 10.1 Å². The van der Waals surface area contributed by atoms with Gasteiger partial charge in [0.25, 0.3) is 8.05 Å². The van der Waals surface area contributed by atoms with E-state index in [1.165, 1.54) is 4.88 Å². The summed E-state index contributed by atoms with van der Waals surface area (Å²) in [4.78, 5) is 3.01. The van der Waals surface area contributed by atoms with Crippen molar-refractivity contribution in [2.45, 2.75) is 26.8 Å². The van der Waals surface area contributed by atoms with Gasteiger partial charge in [0, 0.05) is 9.58 Å². The van der Waals surface area contributed by atoms with Crippen LogP contribution in [-0.2, 0) is 18.4 Å². The van der Waals surface area contributed by atoms with Gasteiger partial charge >= 0.3 is 7.60 Å². The largest absolute Gasteiger partial charge is 0.481 e. The zero-order valence-electron chi connectivity index (χ0n) is 15.4. The molecule has 0 aliphatic heterocycles. The molecule has 2 rings (SSSR count). The number of hydrogen-bond acceptors (Lipinski definition) is 7. The average molecular weight is 383 g/mol. The molecule has 0 saturated carbocycles. The quantitative estimate of drug-likeness (QED) is 0.357. The van der Waals surface area contributed by atoms with Gasteiger partial charge < -0.3 is 18.5 Å². The summed E-state index contributed by atoms with van der Waals surface area (Å²) >= 11 is 1.72. The van der Waals surface area contributed by atoms with E-state index in [-0.39, 0.29) is 12.4 Å². The Kier molecular flexibility index (Phi) is 7.55. The summed E-state index contributed by atoms with van der Waals surface area (Å²) in [5, 5.41) is 1.08. The van der Waals surface area contributed by atoms with Crippen molar-refractivity contribution in [2.75, 3.05) is 19.6 Å². The van der Waals surface area contributed by atoms with Crippen molar-refractivity contribution in [1.29, 1.82) is 0 Å². The smallest absolute Gasteiger partial charge is 0.367 e. The molecule has 0 aliphatic rings. The second-order valence-corrected chi connectivity index (χ2v) is 8.58. The lowest BCUT2D eigenvalue weighted by Crippen LogP contribution is -2.22. The minimum Gasteiger partial charge on any atom is -0.481 e. The van der Waals surface area contributed by atoms with Gasteiger partial charge in [0.1, 0.15) is 5.75 Å². The summed E-state index contributed by atoms with van der Waals surface area (Å²) < 4.78 is 35.1. The van der Waals surface area contributed by atoms with E-state index in [9.17, 15) is 4.57 Å². The zero-order valence-corrected chi connectivity index (χ0v) is 17.1. The first-order chi connectivity index (χ1) is 11.9. The molecule has 0 amide bonds. The van der Waals surface area contributed by atoms with Crippen LogP contribution in [0.4, 0.5) is 0 Å². The maximum absolute atomic E-state index is 12.5. The highest BCUT2D eigenvalue weighted by Crippen LogP contribution is 2.48. The van der Waals surface area contributed by atoms with Gasteiger partial charge in [0.05, 0.1) is 19.3 Å². The molecular formula is C15H24B2NO5PS. The average Bonchev–Trinajstić information content (AvgIpc) is 3.02. The monoisotopic (exact) mass is 383 g/mol. The van der Waals surface area contributed by atoms with Gasteiger partial charge in [0.2, 0.25) is 7.98 Å². The highest BCUT2D eigenvalue weighted by atomic mass is 32.1. The van der Waals surface area contributed by atoms with Crippen molar-refractivity contribution >= 4 is 45.0 Å².